The van der Waals surface area contributed by atoms with Gasteiger partial charge < -0.3 is 14.4 Å². The van der Waals surface area contributed by atoms with Crippen LogP contribution in [0.2, 0.25) is 0 Å². The Kier molecular flexibility index (Phi) is 5.23. The molecular formula is C22H26N2O5S. The number of methoxy groups -OCH3 is 1. The van der Waals surface area contributed by atoms with E-state index >= 15 is 0 Å². The second kappa shape index (κ2) is 7.59. The maximum absolute atomic E-state index is 13.1. The lowest BCUT2D eigenvalue weighted by Crippen LogP contribution is -2.41. The molecule has 0 unspecified atom stereocenters. The van der Waals surface area contributed by atoms with Gasteiger partial charge in [0.15, 0.2) is 0 Å². The van der Waals surface area contributed by atoms with Crippen LogP contribution in [-0.4, -0.2) is 33.6 Å². The molecule has 2 aliphatic rings. The number of fused-ring (bicyclic) bond motifs is 1. The van der Waals surface area contributed by atoms with Gasteiger partial charge in [-0.2, -0.15) is 0 Å². The summed E-state index contributed by atoms with van der Waals surface area (Å²) < 4.78 is 40.4. The Bertz CT molecular complexity index is 1060. The molecule has 0 aromatic heterocycles. The van der Waals surface area contributed by atoms with E-state index in [1.165, 1.54) is 0 Å². The van der Waals surface area contributed by atoms with Crippen molar-refractivity contribution in [3.05, 3.63) is 48.0 Å². The maximum Gasteiger partial charge on any atom is 0.241 e. The average Bonchev–Trinajstić information content (AvgIpc) is 3.12. The van der Waals surface area contributed by atoms with E-state index in [-0.39, 0.29) is 10.8 Å². The Morgan fingerprint density at radius 1 is 1.17 bits per heavy atom. The first-order valence-corrected chi connectivity index (χ1v) is 11.5. The van der Waals surface area contributed by atoms with Crippen LogP contribution in [0.25, 0.3) is 0 Å². The van der Waals surface area contributed by atoms with Crippen molar-refractivity contribution in [3.8, 4) is 11.5 Å². The highest BCUT2D eigenvalue weighted by Crippen LogP contribution is 2.41. The van der Waals surface area contributed by atoms with E-state index in [1.807, 2.05) is 13.8 Å². The van der Waals surface area contributed by atoms with E-state index in [0.29, 0.717) is 30.9 Å². The topological polar surface area (TPSA) is 84.9 Å². The summed E-state index contributed by atoms with van der Waals surface area (Å²) in [5, 5.41) is 0. The van der Waals surface area contributed by atoms with E-state index in [1.54, 1.807) is 54.5 Å². The van der Waals surface area contributed by atoms with Crippen LogP contribution in [0.5, 0.6) is 11.5 Å². The lowest BCUT2D eigenvalue weighted by atomic mass is 9.90. The summed E-state index contributed by atoms with van der Waals surface area (Å²) in [6.45, 7) is 4.53. The van der Waals surface area contributed by atoms with Gasteiger partial charge in [0.2, 0.25) is 15.9 Å². The third-order valence-electron chi connectivity index (χ3n) is 5.50. The third kappa shape index (κ3) is 4.02. The van der Waals surface area contributed by atoms with Gasteiger partial charge in [0, 0.05) is 30.6 Å². The minimum absolute atomic E-state index is 0.0683. The Morgan fingerprint density at radius 2 is 1.90 bits per heavy atom. The molecule has 0 bridgehead atoms. The molecule has 160 valence electrons. The summed E-state index contributed by atoms with van der Waals surface area (Å²) in [5.41, 5.74) is 0.949. The number of sulfonamides is 1. The van der Waals surface area contributed by atoms with Crippen LogP contribution in [0.4, 0.5) is 5.69 Å². The van der Waals surface area contributed by atoms with E-state index in [0.717, 1.165) is 17.7 Å². The molecule has 1 amide bonds. The molecule has 1 atom stereocenters. The van der Waals surface area contributed by atoms with Crippen LogP contribution < -0.4 is 19.1 Å². The summed E-state index contributed by atoms with van der Waals surface area (Å²) in [4.78, 5) is 13.8. The Balaban J connectivity index is 1.61. The number of nitrogens with one attached hydrogen (secondary N) is 1. The molecule has 0 radical (unpaired) electrons. The average molecular weight is 431 g/mol. The predicted molar refractivity (Wildman–Crippen MR) is 113 cm³/mol. The molecule has 1 N–H and O–H groups in total. The zero-order valence-corrected chi connectivity index (χ0v) is 18.2. The van der Waals surface area contributed by atoms with Crippen LogP contribution in [-0.2, 0) is 14.8 Å². The number of amides is 1. The number of ether oxygens (including phenoxy) is 2. The van der Waals surface area contributed by atoms with Crippen LogP contribution in [0.3, 0.4) is 0 Å². The first kappa shape index (κ1) is 20.7. The molecule has 2 aromatic rings. The van der Waals surface area contributed by atoms with Gasteiger partial charge in [-0.3, -0.25) is 4.79 Å². The molecule has 4 rings (SSSR count). The van der Waals surface area contributed by atoms with Crippen LogP contribution in [0.1, 0.15) is 44.7 Å². The second-order valence-electron chi connectivity index (χ2n) is 8.29. The minimum atomic E-state index is -3.78. The third-order valence-corrected chi connectivity index (χ3v) is 6.99. The van der Waals surface area contributed by atoms with Gasteiger partial charge in [0.1, 0.15) is 17.1 Å². The van der Waals surface area contributed by atoms with Gasteiger partial charge in [0.25, 0.3) is 0 Å². The molecule has 30 heavy (non-hydrogen) atoms. The van der Waals surface area contributed by atoms with E-state index < -0.39 is 21.7 Å². The number of carbonyl (C=O) groups is 1. The minimum Gasteiger partial charge on any atom is -0.497 e. The lowest BCUT2D eigenvalue weighted by molar-refractivity contribution is -0.117. The zero-order valence-electron chi connectivity index (χ0n) is 17.3. The number of hydrogen-bond acceptors (Lipinski definition) is 5. The molecule has 2 aliphatic heterocycles. The number of rotatable bonds is 5. The fraction of sp³-hybridized carbons (Fsp3) is 0.409. The molecule has 1 saturated heterocycles. The zero-order chi connectivity index (χ0) is 21.5. The standard InChI is InChI=1S/C22H26N2O5S/c1-22(2)14-19(18-13-16(28-3)8-11-20(18)29-22)23-30(26,27)17-9-6-15(7-10-17)24-12-4-5-21(24)25/h6-11,13,19,23H,4-5,12,14H2,1-3H3/t19-/m0/s1. The van der Waals surface area contributed by atoms with E-state index in [2.05, 4.69) is 4.72 Å². The largest absolute Gasteiger partial charge is 0.497 e. The molecule has 0 spiro atoms. The Morgan fingerprint density at radius 3 is 2.53 bits per heavy atom. The molecular weight excluding hydrogens is 404 g/mol. The first-order chi connectivity index (χ1) is 14.2. The molecule has 8 heteroatoms. The van der Waals surface area contributed by atoms with Crippen molar-refractivity contribution in [3.63, 3.8) is 0 Å². The van der Waals surface area contributed by atoms with Gasteiger partial charge in [0.05, 0.1) is 18.0 Å². The summed E-state index contributed by atoms with van der Waals surface area (Å²) in [6.07, 6.45) is 1.83. The molecule has 0 aliphatic carbocycles. The SMILES string of the molecule is COc1ccc2c(c1)[C@@H](NS(=O)(=O)c1ccc(N3CCCC3=O)cc1)CC(C)(C)O2. The molecule has 7 nitrogen and oxygen atoms in total. The smallest absolute Gasteiger partial charge is 0.241 e. The van der Waals surface area contributed by atoms with Crippen molar-refractivity contribution in [2.24, 2.45) is 0 Å². The Hall–Kier alpha value is -2.58. The van der Waals surface area contributed by atoms with Crippen molar-refractivity contribution in [2.75, 3.05) is 18.6 Å². The Labute approximate surface area is 177 Å². The van der Waals surface area contributed by atoms with Crippen molar-refractivity contribution >= 4 is 21.6 Å². The van der Waals surface area contributed by atoms with Crippen LogP contribution >= 0.6 is 0 Å². The van der Waals surface area contributed by atoms with Crippen molar-refractivity contribution in [1.82, 2.24) is 4.72 Å². The lowest BCUT2D eigenvalue weighted by Gasteiger charge is -2.37. The fourth-order valence-corrected chi connectivity index (χ4v) is 5.26. The first-order valence-electron chi connectivity index (χ1n) is 9.98. The van der Waals surface area contributed by atoms with Gasteiger partial charge in [-0.05, 0) is 62.7 Å². The normalized spacial score (nSPS) is 20.6. The van der Waals surface area contributed by atoms with E-state index in [9.17, 15) is 13.2 Å². The number of hydrogen-bond donors (Lipinski definition) is 1. The van der Waals surface area contributed by atoms with E-state index in [4.69, 9.17) is 9.47 Å². The summed E-state index contributed by atoms with van der Waals surface area (Å²) >= 11 is 0. The van der Waals surface area contributed by atoms with Gasteiger partial charge >= 0.3 is 0 Å². The summed E-state index contributed by atoms with van der Waals surface area (Å²) in [7, 11) is -2.21. The summed E-state index contributed by atoms with van der Waals surface area (Å²) in [5.74, 6) is 1.35. The fourth-order valence-electron chi connectivity index (χ4n) is 4.05. The van der Waals surface area contributed by atoms with Crippen molar-refractivity contribution in [2.45, 2.75) is 49.6 Å². The van der Waals surface area contributed by atoms with Crippen molar-refractivity contribution in [1.29, 1.82) is 0 Å². The monoisotopic (exact) mass is 430 g/mol. The highest BCUT2D eigenvalue weighted by atomic mass is 32.2. The molecule has 2 heterocycles. The predicted octanol–water partition coefficient (Wildman–Crippen LogP) is 3.40. The van der Waals surface area contributed by atoms with Gasteiger partial charge in [-0.15, -0.1) is 0 Å². The van der Waals surface area contributed by atoms with Gasteiger partial charge in [-0.25, -0.2) is 13.1 Å². The highest BCUT2D eigenvalue weighted by Gasteiger charge is 2.36. The van der Waals surface area contributed by atoms with Crippen molar-refractivity contribution < 1.29 is 22.7 Å². The molecule has 2 aromatic carbocycles. The summed E-state index contributed by atoms with van der Waals surface area (Å²) in [6, 6.07) is 11.4. The number of benzene rings is 2. The number of carbonyl (C=O) groups excluding carboxylic acids is 1. The maximum atomic E-state index is 13.1. The number of nitrogens with zero attached hydrogens (tertiary/aromatic N) is 1. The number of anilines is 1. The quantitative estimate of drug-likeness (QED) is 0.786. The van der Waals surface area contributed by atoms with Crippen LogP contribution in [0.15, 0.2) is 47.4 Å². The molecule has 0 saturated carbocycles. The highest BCUT2D eigenvalue weighted by molar-refractivity contribution is 7.89. The molecule has 1 fully saturated rings. The van der Waals surface area contributed by atoms with Gasteiger partial charge in [-0.1, -0.05) is 0 Å². The second-order valence-corrected chi connectivity index (χ2v) is 10.0. The van der Waals surface area contributed by atoms with Crippen LogP contribution in [0, 0.1) is 0 Å².